The fourth-order valence-electron chi connectivity index (χ4n) is 7.81. The van der Waals surface area contributed by atoms with Crippen LogP contribution in [0.2, 0.25) is 0 Å². The zero-order valence-corrected chi connectivity index (χ0v) is 14.5. The summed E-state index contributed by atoms with van der Waals surface area (Å²) in [6.45, 7) is 9.62. The Kier molecular flexibility index (Phi) is 2.76. The molecule has 3 fully saturated rings. The molecule has 4 aliphatic rings. The van der Waals surface area contributed by atoms with Gasteiger partial charge in [-0.1, -0.05) is 33.8 Å². The number of allylic oxidation sites excluding steroid dienone is 2. The van der Waals surface area contributed by atoms with Crippen molar-refractivity contribution < 1.29 is 9.90 Å². The molecular formula is C20H30O2. The topological polar surface area (TPSA) is 37.3 Å². The molecule has 122 valence electrons. The average molecular weight is 302 g/mol. The minimum Gasteiger partial charge on any atom is -0.396 e. The summed E-state index contributed by atoms with van der Waals surface area (Å²) < 4.78 is 0. The number of hydrogen-bond donors (Lipinski definition) is 1. The Bertz CT molecular complexity index is 566. The second-order valence-electron chi connectivity index (χ2n) is 9.65. The van der Waals surface area contributed by atoms with E-state index in [1.165, 1.54) is 19.3 Å². The third kappa shape index (κ3) is 1.36. The van der Waals surface area contributed by atoms with E-state index in [2.05, 4.69) is 33.8 Å². The van der Waals surface area contributed by atoms with Gasteiger partial charge in [-0.05, 0) is 72.2 Å². The highest BCUT2D eigenvalue weighted by molar-refractivity contribution is 5.96. The fourth-order valence-corrected chi connectivity index (χ4v) is 7.81. The van der Waals surface area contributed by atoms with Crippen LogP contribution < -0.4 is 0 Å². The first kappa shape index (κ1) is 14.9. The zero-order chi connectivity index (χ0) is 16.0. The Hall–Kier alpha value is -0.630. The van der Waals surface area contributed by atoms with Crippen molar-refractivity contribution in [2.24, 2.45) is 39.4 Å². The van der Waals surface area contributed by atoms with Gasteiger partial charge in [0.15, 0.2) is 5.78 Å². The van der Waals surface area contributed by atoms with Crippen LogP contribution in [0.25, 0.3) is 0 Å². The van der Waals surface area contributed by atoms with Gasteiger partial charge in [0.25, 0.3) is 0 Å². The molecule has 0 bridgehead atoms. The van der Waals surface area contributed by atoms with Crippen molar-refractivity contribution in [3.63, 3.8) is 0 Å². The predicted molar refractivity (Wildman–Crippen MR) is 87.2 cm³/mol. The monoisotopic (exact) mass is 302 g/mol. The third-order valence-electron chi connectivity index (χ3n) is 8.77. The van der Waals surface area contributed by atoms with E-state index in [0.717, 1.165) is 12.8 Å². The van der Waals surface area contributed by atoms with E-state index in [9.17, 15) is 9.90 Å². The number of ketones is 1. The number of fused-ring (bicyclic) bond motifs is 2. The Morgan fingerprint density at radius 1 is 1.23 bits per heavy atom. The molecule has 0 aromatic carbocycles. The molecule has 0 amide bonds. The second kappa shape index (κ2) is 4.06. The molecule has 0 aromatic heterocycles. The van der Waals surface area contributed by atoms with Gasteiger partial charge in [0.1, 0.15) is 0 Å². The highest BCUT2D eigenvalue weighted by atomic mass is 16.3. The summed E-state index contributed by atoms with van der Waals surface area (Å²) in [7, 11) is 0. The summed E-state index contributed by atoms with van der Waals surface area (Å²) in [4.78, 5) is 12.8. The molecule has 0 aromatic rings. The van der Waals surface area contributed by atoms with Gasteiger partial charge >= 0.3 is 0 Å². The second-order valence-corrected chi connectivity index (χ2v) is 9.65. The highest BCUT2D eigenvalue weighted by Crippen LogP contribution is 2.79. The first-order chi connectivity index (χ1) is 10.2. The van der Waals surface area contributed by atoms with E-state index in [0.29, 0.717) is 35.6 Å². The number of aliphatic hydroxyl groups excluding tert-OH is 1. The molecule has 22 heavy (non-hydrogen) atoms. The van der Waals surface area contributed by atoms with E-state index in [1.54, 1.807) is 0 Å². The molecule has 7 atom stereocenters. The molecule has 1 spiro atoms. The summed E-state index contributed by atoms with van der Waals surface area (Å²) >= 11 is 0. The van der Waals surface area contributed by atoms with Crippen LogP contribution in [0.3, 0.4) is 0 Å². The minimum atomic E-state index is -0.171. The van der Waals surface area contributed by atoms with Crippen LogP contribution in [-0.4, -0.2) is 17.5 Å². The van der Waals surface area contributed by atoms with Gasteiger partial charge in [-0.2, -0.15) is 0 Å². The van der Waals surface area contributed by atoms with E-state index < -0.39 is 0 Å². The molecule has 2 heteroatoms. The first-order valence-electron chi connectivity index (χ1n) is 9.07. The lowest BCUT2D eigenvalue weighted by Gasteiger charge is -2.50. The van der Waals surface area contributed by atoms with Crippen molar-refractivity contribution in [2.45, 2.75) is 59.8 Å². The van der Waals surface area contributed by atoms with Crippen molar-refractivity contribution in [3.8, 4) is 0 Å². The van der Waals surface area contributed by atoms with Crippen LogP contribution in [0.1, 0.15) is 59.8 Å². The summed E-state index contributed by atoms with van der Waals surface area (Å²) in [6, 6.07) is 0. The zero-order valence-electron chi connectivity index (χ0n) is 14.5. The van der Waals surface area contributed by atoms with Gasteiger partial charge < -0.3 is 5.11 Å². The lowest BCUT2D eigenvalue weighted by atomic mass is 9.52. The average Bonchev–Trinajstić information content (AvgIpc) is 3.01. The maximum Gasteiger partial charge on any atom is 0.161 e. The molecule has 4 aliphatic carbocycles. The molecule has 4 rings (SSSR count). The van der Waals surface area contributed by atoms with Gasteiger partial charge in [0, 0.05) is 12.0 Å². The van der Waals surface area contributed by atoms with Crippen LogP contribution in [0.15, 0.2) is 12.2 Å². The van der Waals surface area contributed by atoms with Gasteiger partial charge in [-0.15, -0.1) is 0 Å². The largest absolute Gasteiger partial charge is 0.396 e. The Morgan fingerprint density at radius 3 is 2.64 bits per heavy atom. The minimum absolute atomic E-state index is 0.0537. The number of aliphatic hydroxyl groups is 1. The van der Waals surface area contributed by atoms with Crippen molar-refractivity contribution in [2.75, 3.05) is 6.61 Å². The first-order valence-corrected chi connectivity index (χ1v) is 9.07. The molecule has 2 nitrogen and oxygen atoms in total. The van der Waals surface area contributed by atoms with Gasteiger partial charge in [-0.25, -0.2) is 0 Å². The Morgan fingerprint density at radius 2 is 1.95 bits per heavy atom. The standard InChI is InChI=1S/C20H30O2/c1-13-5-6-15(22)19(4)8-7-14-16-17(2,11-20(13,14)19)9-10-18(16,3)12-21/h5-6,13-14,16,21H,7-12H2,1-4H3/t13-,14-,16-,17+,18-,19-,20-/m1/s1. The summed E-state index contributed by atoms with van der Waals surface area (Å²) in [6.07, 6.45) is 9.80. The van der Waals surface area contributed by atoms with Gasteiger partial charge in [-0.3, -0.25) is 4.79 Å². The normalized spacial score (nSPS) is 59.5. The summed E-state index contributed by atoms with van der Waals surface area (Å²) in [5.74, 6) is 2.02. The predicted octanol–water partition coefficient (Wildman–Crippen LogP) is 3.98. The number of carbonyl (C=O) groups excluding carboxylic acids is 1. The lowest BCUT2D eigenvalue weighted by molar-refractivity contribution is -0.134. The smallest absolute Gasteiger partial charge is 0.161 e. The van der Waals surface area contributed by atoms with Crippen molar-refractivity contribution in [3.05, 3.63) is 12.2 Å². The molecule has 1 N–H and O–H groups in total. The SMILES string of the molecule is C[C@@H]1C=CC(=O)[C@@]2(C)CC[C@@H]3[C@H]4[C@@](C)(CO)CC[C@@]4(C)C[C@@]132. The van der Waals surface area contributed by atoms with E-state index in [-0.39, 0.29) is 16.2 Å². The molecule has 0 heterocycles. The number of rotatable bonds is 1. The molecular weight excluding hydrogens is 272 g/mol. The van der Waals surface area contributed by atoms with Gasteiger partial charge in [0.2, 0.25) is 0 Å². The number of carbonyl (C=O) groups is 1. The van der Waals surface area contributed by atoms with Crippen molar-refractivity contribution >= 4 is 5.78 Å². The highest BCUT2D eigenvalue weighted by Gasteiger charge is 2.75. The Balaban J connectivity index is 1.89. The van der Waals surface area contributed by atoms with Crippen LogP contribution >= 0.6 is 0 Å². The molecule has 3 saturated carbocycles. The van der Waals surface area contributed by atoms with Crippen LogP contribution in [0.4, 0.5) is 0 Å². The maximum absolute atomic E-state index is 12.8. The van der Waals surface area contributed by atoms with E-state index >= 15 is 0 Å². The summed E-state index contributed by atoms with van der Waals surface area (Å²) in [5.41, 5.74) is 0.326. The van der Waals surface area contributed by atoms with E-state index in [1.807, 2.05) is 6.08 Å². The molecule has 0 aliphatic heterocycles. The number of hydrogen-bond acceptors (Lipinski definition) is 2. The van der Waals surface area contributed by atoms with Gasteiger partial charge in [0.05, 0.1) is 0 Å². The molecule has 0 unspecified atom stereocenters. The fraction of sp³-hybridized carbons (Fsp3) is 0.850. The quantitative estimate of drug-likeness (QED) is 0.795. The van der Waals surface area contributed by atoms with Crippen molar-refractivity contribution in [1.29, 1.82) is 0 Å². The van der Waals surface area contributed by atoms with Crippen molar-refractivity contribution in [1.82, 2.24) is 0 Å². The van der Waals surface area contributed by atoms with Crippen LogP contribution in [0.5, 0.6) is 0 Å². The maximum atomic E-state index is 12.8. The Labute approximate surface area is 134 Å². The molecule has 0 saturated heterocycles. The lowest BCUT2D eigenvalue weighted by Crippen LogP contribution is -2.50. The van der Waals surface area contributed by atoms with Crippen LogP contribution in [-0.2, 0) is 4.79 Å². The molecule has 0 radical (unpaired) electrons. The van der Waals surface area contributed by atoms with Crippen LogP contribution in [0, 0.1) is 39.4 Å². The third-order valence-corrected chi connectivity index (χ3v) is 8.77. The summed E-state index contributed by atoms with van der Waals surface area (Å²) in [5, 5.41) is 10.1. The van der Waals surface area contributed by atoms with E-state index in [4.69, 9.17) is 0 Å².